The highest BCUT2D eigenvalue weighted by Gasteiger charge is 2.55. The SMILES string of the molecule is CNC(CCCOC)C1C2CCc3ccccc3C21. The van der Waals surface area contributed by atoms with Crippen molar-refractivity contribution in [3.8, 4) is 0 Å². The minimum Gasteiger partial charge on any atom is -0.385 e. The van der Waals surface area contributed by atoms with Crippen molar-refractivity contribution in [3.05, 3.63) is 35.4 Å². The topological polar surface area (TPSA) is 21.3 Å². The first-order valence-corrected chi connectivity index (χ1v) is 7.61. The van der Waals surface area contributed by atoms with Crippen molar-refractivity contribution in [2.24, 2.45) is 11.8 Å². The molecule has 1 aromatic rings. The average Bonchev–Trinajstić information content (AvgIpc) is 3.18. The van der Waals surface area contributed by atoms with Crippen LogP contribution in [0.25, 0.3) is 0 Å². The molecule has 3 rings (SSSR count). The summed E-state index contributed by atoms with van der Waals surface area (Å²) >= 11 is 0. The zero-order valence-electron chi connectivity index (χ0n) is 12.1. The van der Waals surface area contributed by atoms with E-state index in [2.05, 4.69) is 36.6 Å². The summed E-state index contributed by atoms with van der Waals surface area (Å²) < 4.78 is 5.18. The van der Waals surface area contributed by atoms with Crippen LogP contribution in [0.5, 0.6) is 0 Å². The van der Waals surface area contributed by atoms with Crippen molar-refractivity contribution in [3.63, 3.8) is 0 Å². The molecule has 1 aromatic carbocycles. The summed E-state index contributed by atoms with van der Waals surface area (Å²) in [4.78, 5) is 0. The first kappa shape index (κ1) is 13.1. The van der Waals surface area contributed by atoms with Crippen molar-refractivity contribution in [2.75, 3.05) is 20.8 Å². The third kappa shape index (κ3) is 2.44. The van der Waals surface area contributed by atoms with E-state index < -0.39 is 0 Å². The molecule has 2 aliphatic carbocycles. The van der Waals surface area contributed by atoms with Crippen LogP contribution in [0, 0.1) is 11.8 Å². The fraction of sp³-hybridized carbons (Fsp3) is 0.647. The maximum atomic E-state index is 5.18. The first-order valence-electron chi connectivity index (χ1n) is 7.61. The van der Waals surface area contributed by atoms with Crippen LogP contribution in [-0.4, -0.2) is 26.8 Å². The Labute approximate surface area is 116 Å². The van der Waals surface area contributed by atoms with Gasteiger partial charge in [-0.1, -0.05) is 24.3 Å². The van der Waals surface area contributed by atoms with Crippen molar-refractivity contribution in [2.45, 2.75) is 37.6 Å². The second-order valence-corrected chi connectivity index (χ2v) is 6.03. The Bertz CT molecular complexity index is 431. The van der Waals surface area contributed by atoms with Crippen LogP contribution in [0.2, 0.25) is 0 Å². The van der Waals surface area contributed by atoms with E-state index in [0.717, 1.165) is 24.4 Å². The van der Waals surface area contributed by atoms with Gasteiger partial charge in [0.15, 0.2) is 0 Å². The highest BCUT2D eigenvalue weighted by molar-refractivity contribution is 5.40. The number of fused-ring (bicyclic) bond motifs is 3. The highest BCUT2D eigenvalue weighted by Crippen LogP contribution is 2.61. The van der Waals surface area contributed by atoms with E-state index in [9.17, 15) is 0 Å². The average molecular weight is 259 g/mol. The van der Waals surface area contributed by atoms with E-state index in [1.807, 2.05) is 0 Å². The number of nitrogens with one attached hydrogen (secondary N) is 1. The molecule has 0 aromatic heterocycles. The largest absolute Gasteiger partial charge is 0.385 e. The van der Waals surface area contributed by atoms with Crippen LogP contribution in [0.3, 0.4) is 0 Å². The number of hydrogen-bond donors (Lipinski definition) is 1. The second kappa shape index (κ2) is 5.64. The van der Waals surface area contributed by atoms with E-state index in [1.165, 1.54) is 25.7 Å². The molecule has 2 heteroatoms. The third-order valence-corrected chi connectivity index (χ3v) is 5.09. The number of rotatable bonds is 6. The fourth-order valence-electron chi connectivity index (χ4n) is 4.15. The summed E-state index contributed by atoms with van der Waals surface area (Å²) in [5.41, 5.74) is 3.23. The molecule has 0 spiro atoms. The first-order chi connectivity index (χ1) is 9.36. The van der Waals surface area contributed by atoms with Gasteiger partial charge in [0.1, 0.15) is 0 Å². The van der Waals surface area contributed by atoms with Gasteiger partial charge in [0.2, 0.25) is 0 Å². The molecular weight excluding hydrogens is 234 g/mol. The van der Waals surface area contributed by atoms with Gasteiger partial charge in [-0.25, -0.2) is 0 Å². The maximum Gasteiger partial charge on any atom is 0.0462 e. The maximum absolute atomic E-state index is 5.18. The Hall–Kier alpha value is -0.860. The van der Waals surface area contributed by atoms with Gasteiger partial charge < -0.3 is 10.1 Å². The Balaban J connectivity index is 1.68. The molecule has 0 heterocycles. The predicted molar refractivity (Wildman–Crippen MR) is 78.4 cm³/mol. The molecule has 2 aliphatic rings. The van der Waals surface area contributed by atoms with E-state index in [-0.39, 0.29) is 0 Å². The summed E-state index contributed by atoms with van der Waals surface area (Å²) in [5.74, 6) is 2.60. The van der Waals surface area contributed by atoms with Crippen molar-refractivity contribution in [1.29, 1.82) is 0 Å². The molecule has 2 nitrogen and oxygen atoms in total. The monoisotopic (exact) mass is 259 g/mol. The van der Waals surface area contributed by atoms with Crippen LogP contribution >= 0.6 is 0 Å². The molecule has 4 atom stereocenters. The summed E-state index contributed by atoms with van der Waals surface area (Å²) in [6.07, 6.45) is 5.07. The normalized spacial score (nSPS) is 29.5. The Morgan fingerprint density at radius 3 is 3.00 bits per heavy atom. The van der Waals surface area contributed by atoms with Crippen LogP contribution < -0.4 is 5.32 Å². The van der Waals surface area contributed by atoms with E-state index in [1.54, 1.807) is 18.2 Å². The predicted octanol–water partition coefficient (Wildman–Crippen LogP) is 2.98. The van der Waals surface area contributed by atoms with Crippen molar-refractivity contribution >= 4 is 0 Å². The van der Waals surface area contributed by atoms with Gasteiger partial charge in [-0.15, -0.1) is 0 Å². The molecule has 4 unspecified atom stereocenters. The summed E-state index contributed by atoms with van der Waals surface area (Å²) in [6, 6.07) is 9.73. The summed E-state index contributed by atoms with van der Waals surface area (Å²) in [7, 11) is 3.91. The number of ether oxygens (including phenoxy) is 1. The lowest BCUT2D eigenvalue weighted by atomic mass is 9.92. The molecule has 0 bridgehead atoms. The summed E-state index contributed by atoms with van der Waals surface area (Å²) in [6.45, 7) is 0.886. The number of aryl methyl sites for hydroxylation is 1. The van der Waals surface area contributed by atoms with Gasteiger partial charge >= 0.3 is 0 Å². The van der Waals surface area contributed by atoms with Gasteiger partial charge in [0, 0.05) is 19.8 Å². The van der Waals surface area contributed by atoms with Crippen LogP contribution in [-0.2, 0) is 11.2 Å². The Kier molecular flexibility index (Phi) is 3.90. The molecule has 104 valence electrons. The standard InChI is InChI=1S/C17H25NO/c1-18-15(8-5-11-19-2)17-14-10-9-12-6-3-4-7-13(12)16(14)17/h3-4,6-7,14-18H,5,8-11H2,1-2H3. The van der Waals surface area contributed by atoms with E-state index >= 15 is 0 Å². The lowest BCUT2D eigenvalue weighted by Gasteiger charge is -2.16. The Morgan fingerprint density at radius 1 is 1.37 bits per heavy atom. The van der Waals surface area contributed by atoms with Crippen molar-refractivity contribution in [1.82, 2.24) is 5.32 Å². The minimum absolute atomic E-state index is 0.663. The molecule has 0 radical (unpaired) electrons. The van der Waals surface area contributed by atoms with Gasteiger partial charge in [-0.3, -0.25) is 0 Å². The zero-order chi connectivity index (χ0) is 13.2. The molecule has 0 amide bonds. The lowest BCUT2D eigenvalue weighted by molar-refractivity contribution is 0.187. The van der Waals surface area contributed by atoms with Crippen molar-refractivity contribution < 1.29 is 4.74 Å². The van der Waals surface area contributed by atoms with E-state index in [4.69, 9.17) is 4.74 Å². The van der Waals surface area contributed by atoms with Crippen LogP contribution in [0.4, 0.5) is 0 Å². The molecule has 1 saturated carbocycles. The van der Waals surface area contributed by atoms with Gasteiger partial charge in [-0.05, 0) is 61.6 Å². The third-order valence-electron chi connectivity index (χ3n) is 5.09. The van der Waals surface area contributed by atoms with Gasteiger partial charge in [-0.2, -0.15) is 0 Å². The van der Waals surface area contributed by atoms with Crippen LogP contribution in [0.1, 0.15) is 36.3 Å². The molecule has 0 aliphatic heterocycles. The quantitative estimate of drug-likeness (QED) is 0.793. The zero-order valence-corrected chi connectivity index (χ0v) is 12.1. The van der Waals surface area contributed by atoms with E-state index in [0.29, 0.717) is 6.04 Å². The fourth-order valence-corrected chi connectivity index (χ4v) is 4.15. The molecule has 19 heavy (non-hydrogen) atoms. The molecule has 1 N–H and O–H groups in total. The van der Waals surface area contributed by atoms with Gasteiger partial charge in [0.25, 0.3) is 0 Å². The smallest absolute Gasteiger partial charge is 0.0462 e. The number of hydrogen-bond acceptors (Lipinski definition) is 2. The second-order valence-electron chi connectivity index (χ2n) is 6.03. The number of methoxy groups -OCH3 is 1. The molecule has 1 fully saturated rings. The minimum atomic E-state index is 0.663. The Morgan fingerprint density at radius 2 is 2.21 bits per heavy atom. The van der Waals surface area contributed by atoms with Crippen LogP contribution in [0.15, 0.2) is 24.3 Å². The molecule has 0 saturated heterocycles. The number of benzene rings is 1. The highest BCUT2D eigenvalue weighted by atomic mass is 16.5. The molecular formula is C17H25NO. The summed E-state index contributed by atoms with van der Waals surface area (Å²) in [5, 5.41) is 3.55. The van der Waals surface area contributed by atoms with Gasteiger partial charge in [0.05, 0.1) is 0 Å². The lowest BCUT2D eigenvalue weighted by Crippen LogP contribution is -2.28.